The highest BCUT2D eigenvalue weighted by molar-refractivity contribution is 5.95. The van der Waals surface area contributed by atoms with Crippen LogP contribution in [0.15, 0.2) is 122 Å². The van der Waals surface area contributed by atoms with Gasteiger partial charge < -0.3 is 19.6 Å². The molecule has 0 aromatic heterocycles. The Morgan fingerprint density at radius 1 is 0.590 bits per heavy atom. The van der Waals surface area contributed by atoms with Gasteiger partial charge in [-0.2, -0.15) is 0 Å². The van der Waals surface area contributed by atoms with Crippen LogP contribution in [0.4, 0.5) is 22.7 Å². The van der Waals surface area contributed by atoms with Gasteiger partial charge in [0, 0.05) is 37.9 Å². The van der Waals surface area contributed by atoms with Crippen LogP contribution in [0.2, 0.25) is 0 Å². The third-order valence-corrected chi connectivity index (χ3v) is 8.53. The fourth-order valence-electron chi connectivity index (χ4n) is 6.90. The van der Waals surface area contributed by atoms with Crippen molar-refractivity contribution in [2.24, 2.45) is 0 Å². The quantitative estimate of drug-likeness (QED) is 0.293. The summed E-state index contributed by atoms with van der Waals surface area (Å²) in [5.41, 5.74) is 10.1. The molecule has 8 rings (SSSR count). The van der Waals surface area contributed by atoms with Crippen molar-refractivity contribution in [1.82, 2.24) is 9.80 Å². The Labute approximate surface area is 230 Å². The summed E-state index contributed by atoms with van der Waals surface area (Å²) in [7, 11) is 0. The van der Waals surface area contributed by atoms with Gasteiger partial charge >= 0.3 is 0 Å². The Balaban J connectivity index is 1.37. The number of aryl methyl sites for hydroxylation is 2. The van der Waals surface area contributed by atoms with Gasteiger partial charge in [-0.1, -0.05) is 72.8 Å². The van der Waals surface area contributed by atoms with Crippen molar-refractivity contribution in [1.29, 1.82) is 0 Å². The van der Waals surface area contributed by atoms with E-state index in [1.807, 2.05) is 0 Å². The number of hydrogen-bond acceptors (Lipinski definition) is 5. The highest BCUT2D eigenvalue weighted by Gasteiger charge is 2.66. The molecule has 5 nitrogen and oxygen atoms in total. The molecule has 0 amide bonds. The molecule has 4 aromatic carbocycles. The maximum atomic E-state index is 2.60. The molecular weight excluding hydrogens is 478 g/mol. The summed E-state index contributed by atoms with van der Waals surface area (Å²) < 4.78 is 0. The van der Waals surface area contributed by atoms with E-state index in [1.165, 1.54) is 45.0 Å². The first-order chi connectivity index (χ1) is 19.1. The lowest BCUT2D eigenvalue weighted by Crippen LogP contribution is -2.75. The average molecular weight is 510 g/mol. The Hall–Kier alpha value is -4.64. The van der Waals surface area contributed by atoms with Crippen LogP contribution in [0.3, 0.4) is 0 Å². The minimum Gasteiger partial charge on any atom is -0.346 e. The van der Waals surface area contributed by atoms with Crippen molar-refractivity contribution in [2.45, 2.75) is 38.9 Å². The summed E-state index contributed by atoms with van der Waals surface area (Å²) >= 11 is 0. The molecule has 2 atom stereocenters. The van der Waals surface area contributed by atoms with Crippen LogP contribution in [0.1, 0.15) is 22.3 Å². The molecule has 192 valence electrons. The van der Waals surface area contributed by atoms with E-state index in [2.05, 4.69) is 160 Å². The second kappa shape index (κ2) is 8.18. The molecule has 0 N–H and O–H groups in total. The number of anilines is 4. The number of fused-ring (bicyclic) bond motifs is 7. The summed E-state index contributed by atoms with van der Waals surface area (Å²) in [6.07, 6.45) is 9.16. The van der Waals surface area contributed by atoms with Crippen LogP contribution in [0.25, 0.3) is 0 Å². The van der Waals surface area contributed by atoms with Gasteiger partial charge in [0.1, 0.15) is 0 Å². The van der Waals surface area contributed by atoms with Crippen LogP contribution < -0.4 is 14.7 Å². The zero-order chi connectivity index (χ0) is 26.1. The maximum absolute atomic E-state index is 2.60. The molecule has 5 heteroatoms. The lowest BCUT2D eigenvalue weighted by Gasteiger charge is -2.58. The Morgan fingerprint density at radius 3 is 1.90 bits per heavy atom. The largest absolute Gasteiger partial charge is 0.346 e. The number of hydrogen-bond donors (Lipinski definition) is 0. The van der Waals surface area contributed by atoms with E-state index in [0.717, 1.165) is 13.1 Å². The Morgan fingerprint density at radius 2 is 1.21 bits per heavy atom. The van der Waals surface area contributed by atoms with Crippen molar-refractivity contribution in [3.8, 4) is 0 Å². The molecule has 4 aromatic rings. The first-order valence-corrected chi connectivity index (χ1v) is 13.7. The molecule has 1 spiro atoms. The van der Waals surface area contributed by atoms with Crippen LogP contribution in [-0.4, -0.2) is 21.8 Å². The summed E-state index contributed by atoms with van der Waals surface area (Å²) in [5.74, 6) is -0.507. The lowest BCUT2D eigenvalue weighted by molar-refractivity contribution is 0.0677. The van der Waals surface area contributed by atoms with Crippen LogP contribution in [-0.2, 0) is 13.1 Å². The second-order valence-corrected chi connectivity index (χ2v) is 11.0. The molecule has 0 saturated carbocycles. The van der Waals surface area contributed by atoms with Gasteiger partial charge in [-0.25, -0.2) is 0 Å². The van der Waals surface area contributed by atoms with E-state index in [9.17, 15) is 0 Å². The van der Waals surface area contributed by atoms with Crippen LogP contribution in [0.5, 0.6) is 0 Å². The standard InChI is InChI=1S/C34H31N5/c1-25-13-15-29-31(21-25)37-19-17-35(23-27-9-5-3-6-10-27)33(37)34-36(24-28-11-7-4-8-12-28)18-20-38(34)32-22-26(2)14-16-30(32)39(29)34/h3-22,33H,23-24H2,1-2H3/t33-,34+/m0/s1. The van der Waals surface area contributed by atoms with Crippen molar-refractivity contribution >= 4 is 22.7 Å². The fourth-order valence-corrected chi connectivity index (χ4v) is 6.90. The first kappa shape index (κ1) is 22.4. The predicted molar refractivity (Wildman–Crippen MR) is 158 cm³/mol. The topological polar surface area (TPSA) is 16.2 Å². The monoisotopic (exact) mass is 509 g/mol. The van der Waals surface area contributed by atoms with E-state index in [4.69, 9.17) is 0 Å². The lowest BCUT2D eigenvalue weighted by atomic mass is 10.0. The van der Waals surface area contributed by atoms with Crippen molar-refractivity contribution < 1.29 is 0 Å². The number of rotatable bonds is 4. The summed E-state index contributed by atoms with van der Waals surface area (Å²) in [6, 6.07) is 35.4. The van der Waals surface area contributed by atoms with E-state index in [1.54, 1.807) is 0 Å². The van der Waals surface area contributed by atoms with Crippen LogP contribution >= 0.6 is 0 Å². The van der Waals surface area contributed by atoms with Gasteiger partial charge in [0.15, 0.2) is 6.17 Å². The molecule has 0 radical (unpaired) electrons. The second-order valence-electron chi connectivity index (χ2n) is 11.0. The SMILES string of the molecule is Cc1ccc2c(c1)N1C=CN(Cc3ccccc3)[C@@H]1[C@@]13N(Cc4ccccc4)C=CN1c1cc(C)ccc1N23. The number of nitrogens with zero attached hydrogens (tertiary/aromatic N) is 5. The van der Waals surface area contributed by atoms with E-state index in [0.29, 0.717) is 0 Å². The molecule has 0 fully saturated rings. The highest BCUT2D eigenvalue weighted by atomic mass is 15.7. The maximum Gasteiger partial charge on any atom is 0.241 e. The molecule has 4 aliphatic heterocycles. The Bertz CT molecular complexity index is 1630. The van der Waals surface area contributed by atoms with Gasteiger partial charge in [-0.15, -0.1) is 0 Å². The van der Waals surface area contributed by atoms with E-state index in [-0.39, 0.29) is 6.17 Å². The molecule has 0 unspecified atom stereocenters. The highest BCUT2D eigenvalue weighted by Crippen LogP contribution is 2.61. The summed E-state index contributed by atoms with van der Waals surface area (Å²) in [6.45, 7) is 6.02. The minimum atomic E-state index is -0.507. The van der Waals surface area contributed by atoms with Crippen LogP contribution in [0, 0.1) is 13.8 Å². The molecule has 4 heterocycles. The normalized spacial score (nSPS) is 21.7. The molecule has 39 heavy (non-hydrogen) atoms. The molecular formula is C34H31N5. The average Bonchev–Trinajstić information content (AvgIpc) is 3.61. The smallest absolute Gasteiger partial charge is 0.241 e. The van der Waals surface area contributed by atoms with E-state index >= 15 is 0 Å². The predicted octanol–water partition coefficient (Wildman–Crippen LogP) is 7.04. The van der Waals surface area contributed by atoms with Gasteiger partial charge in [0.05, 0.1) is 22.7 Å². The Kier molecular flexibility index (Phi) is 4.69. The molecule has 4 aliphatic rings. The minimum absolute atomic E-state index is 0.0124. The molecule has 0 aliphatic carbocycles. The first-order valence-electron chi connectivity index (χ1n) is 13.7. The van der Waals surface area contributed by atoms with E-state index < -0.39 is 5.79 Å². The summed E-state index contributed by atoms with van der Waals surface area (Å²) in [5, 5.41) is 0. The molecule has 0 bridgehead atoms. The third-order valence-electron chi connectivity index (χ3n) is 8.53. The van der Waals surface area contributed by atoms with Gasteiger partial charge in [0.2, 0.25) is 5.79 Å². The fraction of sp³-hybridized carbons (Fsp3) is 0.176. The zero-order valence-electron chi connectivity index (χ0n) is 22.3. The van der Waals surface area contributed by atoms with Gasteiger partial charge in [-0.3, -0.25) is 4.90 Å². The summed E-state index contributed by atoms with van der Waals surface area (Å²) in [4.78, 5) is 12.7. The van der Waals surface area contributed by atoms with Gasteiger partial charge in [-0.05, 0) is 60.4 Å². The zero-order valence-corrected chi connectivity index (χ0v) is 22.3. The van der Waals surface area contributed by atoms with Crippen molar-refractivity contribution in [3.05, 3.63) is 144 Å². The van der Waals surface area contributed by atoms with Gasteiger partial charge in [0.25, 0.3) is 0 Å². The number of benzene rings is 4. The van der Waals surface area contributed by atoms with Crippen molar-refractivity contribution in [2.75, 3.05) is 14.7 Å². The third kappa shape index (κ3) is 3.07. The molecule has 0 saturated heterocycles. The van der Waals surface area contributed by atoms with Crippen molar-refractivity contribution in [3.63, 3.8) is 0 Å².